The fourth-order valence-electron chi connectivity index (χ4n) is 2.88. The average molecular weight is 392 g/mol. The molecular formula is C21H32N2O5. The van der Waals surface area contributed by atoms with Crippen LogP contribution in [-0.2, 0) is 20.7 Å². The number of hydrogen-bond acceptors (Lipinski definition) is 4. The third-order valence-electron chi connectivity index (χ3n) is 3.98. The van der Waals surface area contributed by atoms with Crippen molar-refractivity contribution >= 4 is 18.0 Å². The van der Waals surface area contributed by atoms with Crippen molar-refractivity contribution in [1.29, 1.82) is 0 Å². The van der Waals surface area contributed by atoms with Crippen LogP contribution in [0.4, 0.5) is 4.79 Å². The van der Waals surface area contributed by atoms with Gasteiger partial charge in [0.15, 0.2) is 0 Å². The number of benzene rings is 1. The SMILES string of the molecule is CC(C)C[C@](C)(NC(=O)[C@@H](Cc1ccccc1)NC(=O)OC(C)(C)C)C(=O)O. The maximum Gasteiger partial charge on any atom is 0.408 e. The van der Waals surface area contributed by atoms with Gasteiger partial charge in [-0.05, 0) is 45.6 Å². The van der Waals surface area contributed by atoms with Crippen LogP contribution in [0.25, 0.3) is 0 Å². The Hall–Kier alpha value is -2.57. The quantitative estimate of drug-likeness (QED) is 0.630. The molecule has 7 nitrogen and oxygen atoms in total. The first-order valence-electron chi connectivity index (χ1n) is 9.41. The zero-order valence-corrected chi connectivity index (χ0v) is 17.5. The largest absolute Gasteiger partial charge is 0.480 e. The van der Waals surface area contributed by atoms with Crippen LogP contribution in [0.3, 0.4) is 0 Å². The number of carbonyl (C=O) groups excluding carboxylic acids is 2. The molecule has 28 heavy (non-hydrogen) atoms. The number of ether oxygens (including phenoxy) is 1. The van der Waals surface area contributed by atoms with Crippen LogP contribution in [0.2, 0.25) is 0 Å². The van der Waals surface area contributed by atoms with Gasteiger partial charge in [0, 0.05) is 6.42 Å². The van der Waals surface area contributed by atoms with Gasteiger partial charge < -0.3 is 20.5 Å². The van der Waals surface area contributed by atoms with Crippen LogP contribution in [-0.4, -0.2) is 40.3 Å². The number of nitrogens with one attached hydrogen (secondary N) is 2. The topological polar surface area (TPSA) is 105 Å². The Balaban J connectivity index is 3.03. The molecule has 0 bridgehead atoms. The molecule has 0 saturated heterocycles. The summed E-state index contributed by atoms with van der Waals surface area (Å²) in [6.45, 7) is 10.4. The van der Waals surface area contributed by atoms with Crippen LogP contribution >= 0.6 is 0 Å². The summed E-state index contributed by atoms with van der Waals surface area (Å²) in [4.78, 5) is 36.9. The minimum absolute atomic E-state index is 0.0628. The number of aliphatic carboxylic acids is 1. The second-order valence-corrected chi connectivity index (χ2v) is 8.61. The molecule has 0 fully saturated rings. The number of rotatable bonds is 8. The fourth-order valence-corrected chi connectivity index (χ4v) is 2.88. The monoisotopic (exact) mass is 392 g/mol. The van der Waals surface area contributed by atoms with Crippen LogP contribution in [0.1, 0.15) is 53.5 Å². The highest BCUT2D eigenvalue weighted by Crippen LogP contribution is 2.18. The van der Waals surface area contributed by atoms with Crippen molar-refractivity contribution in [2.75, 3.05) is 0 Å². The second kappa shape index (κ2) is 9.57. The molecule has 2 amide bonds. The predicted octanol–water partition coefficient (Wildman–Crippen LogP) is 3.13. The van der Waals surface area contributed by atoms with E-state index in [9.17, 15) is 19.5 Å². The minimum atomic E-state index is -1.43. The first-order valence-corrected chi connectivity index (χ1v) is 9.41. The predicted molar refractivity (Wildman–Crippen MR) is 107 cm³/mol. The van der Waals surface area contributed by atoms with Crippen LogP contribution in [0, 0.1) is 5.92 Å². The van der Waals surface area contributed by atoms with Gasteiger partial charge in [-0.1, -0.05) is 44.2 Å². The van der Waals surface area contributed by atoms with Crippen LogP contribution < -0.4 is 10.6 Å². The number of amides is 2. The summed E-state index contributed by atoms with van der Waals surface area (Å²) in [5.41, 5.74) is -1.32. The minimum Gasteiger partial charge on any atom is -0.480 e. The molecule has 0 saturated carbocycles. The molecule has 0 radical (unpaired) electrons. The lowest BCUT2D eigenvalue weighted by atomic mass is 9.90. The summed E-state index contributed by atoms with van der Waals surface area (Å²) in [6, 6.07) is 8.21. The van der Waals surface area contributed by atoms with Gasteiger partial charge in [-0.3, -0.25) is 4.79 Å². The molecular weight excluding hydrogens is 360 g/mol. The molecule has 0 aromatic heterocycles. The van der Waals surface area contributed by atoms with Crippen molar-refractivity contribution in [3.05, 3.63) is 35.9 Å². The van der Waals surface area contributed by atoms with E-state index in [1.807, 2.05) is 44.2 Å². The van der Waals surface area contributed by atoms with Gasteiger partial charge in [-0.2, -0.15) is 0 Å². The zero-order valence-electron chi connectivity index (χ0n) is 17.5. The van der Waals surface area contributed by atoms with Gasteiger partial charge in [0.25, 0.3) is 0 Å². The summed E-state index contributed by atoms with van der Waals surface area (Å²) in [6.07, 6.45) is -0.258. The number of carboxylic acids is 1. The van der Waals surface area contributed by atoms with E-state index < -0.39 is 35.2 Å². The Morgan fingerprint density at radius 1 is 1.07 bits per heavy atom. The molecule has 0 spiro atoms. The van der Waals surface area contributed by atoms with Gasteiger partial charge in [-0.25, -0.2) is 9.59 Å². The molecule has 156 valence electrons. The van der Waals surface area contributed by atoms with Gasteiger partial charge in [0.05, 0.1) is 0 Å². The summed E-state index contributed by atoms with van der Waals surface area (Å²) < 4.78 is 5.25. The molecule has 1 aromatic carbocycles. The Morgan fingerprint density at radius 3 is 2.11 bits per heavy atom. The maximum absolute atomic E-state index is 12.9. The van der Waals surface area contributed by atoms with Gasteiger partial charge in [0.1, 0.15) is 17.2 Å². The van der Waals surface area contributed by atoms with E-state index in [4.69, 9.17) is 4.74 Å². The van der Waals surface area contributed by atoms with Crippen LogP contribution in [0.15, 0.2) is 30.3 Å². The Bertz CT molecular complexity index is 682. The summed E-state index contributed by atoms with van der Waals surface area (Å²) >= 11 is 0. The molecule has 0 heterocycles. The van der Waals surface area contributed by atoms with E-state index >= 15 is 0 Å². The first kappa shape index (κ1) is 23.5. The van der Waals surface area contributed by atoms with Crippen LogP contribution in [0.5, 0.6) is 0 Å². The summed E-state index contributed by atoms with van der Waals surface area (Å²) in [7, 11) is 0. The smallest absolute Gasteiger partial charge is 0.408 e. The number of carbonyl (C=O) groups is 3. The maximum atomic E-state index is 12.9. The lowest BCUT2D eigenvalue weighted by Gasteiger charge is -2.30. The molecule has 7 heteroatoms. The Morgan fingerprint density at radius 2 is 1.64 bits per heavy atom. The first-order chi connectivity index (χ1) is 12.8. The van der Waals surface area contributed by atoms with Crippen molar-refractivity contribution in [1.82, 2.24) is 10.6 Å². The van der Waals surface area contributed by atoms with Crippen molar-refractivity contribution in [2.45, 2.75) is 71.6 Å². The van der Waals surface area contributed by atoms with Gasteiger partial charge in [0.2, 0.25) is 5.91 Å². The normalized spacial score (nSPS) is 14.7. The third kappa shape index (κ3) is 7.98. The van der Waals surface area contributed by atoms with Gasteiger partial charge in [-0.15, -0.1) is 0 Å². The van der Waals surface area contributed by atoms with Crippen molar-refractivity contribution in [2.24, 2.45) is 5.92 Å². The van der Waals surface area contributed by atoms with Crippen molar-refractivity contribution < 1.29 is 24.2 Å². The number of alkyl carbamates (subject to hydrolysis) is 1. The summed E-state index contributed by atoms with van der Waals surface area (Å²) in [5.74, 6) is -1.63. The summed E-state index contributed by atoms with van der Waals surface area (Å²) in [5, 5.41) is 14.8. The number of carboxylic acid groups (broad SMARTS) is 1. The molecule has 3 N–H and O–H groups in total. The molecule has 0 aliphatic heterocycles. The Labute approximate surface area is 166 Å². The van der Waals surface area contributed by atoms with Crippen molar-refractivity contribution in [3.8, 4) is 0 Å². The van der Waals surface area contributed by atoms with E-state index in [1.54, 1.807) is 20.8 Å². The second-order valence-electron chi connectivity index (χ2n) is 8.61. The molecule has 0 aliphatic rings. The highest BCUT2D eigenvalue weighted by atomic mass is 16.6. The molecule has 1 aromatic rings. The Kier molecular flexibility index (Phi) is 8.02. The van der Waals surface area contributed by atoms with E-state index in [1.165, 1.54) is 6.92 Å². The molecule has 1 rings (SSSR count). The lowest BCUT2D eigenvalue weighted by molar-refractivity contribution is -0.148. The number of hydrogen-bond donors (Lipinski definition) is 3. The highest BCUT2D eigenvalue weighted by molar-refractivity contribution is 5.91. The molecule has 2 atom stereocenters. The van der Waals surface area contributed by atoms with Crippen molar-refractivity contribution in [3.63, 3.8) is 0 Å². The van der Waals surface area contributed by atoms with E-state index in [2.05, 4.69) is 10.6 Å². The van der Waals surface area contributed by atoms with Gasteiger partial charge >= 0.3 is 12.1 Å². The molecule has 0 aliphatic carbocycles. The van der Waals surface area contributed by atoms with E-state index in [0.29, 0.717) is 0 Å². The average Bonchev–Trinajstić information content (AvgIpc) is 2.52. The van der Waals surface area contributed by atoms with E-state index in [-0.39, 0.29) is 18.8 Å². The molecule has 0 unspecified atom stereocenters. The zero-order chi connectivity index (χ0) is 21.5. The van der Waals surface area contributed by atoms with E-state index in [0.717, 1.165) is 5.56 Å². The highest BCUT2D eigenvalue weighted by Gasteiger charge is 2.38. The lowest BCUT2D eigenvalue weighted by Crippen LogP contribution is -2.59. The standard InChI is InChI=1S/C21H32N2O5/c1-14(2)13-21(6,18(25)26)23-17(24)16(12-15-10-8-7-9-11-15)22-19(27)28-20(3,4)5/h7-11,14,16H,12-13H2,1-6H3,(H,22,27)(H,23,24)(H,25,26)/t16-,21+/m1/s1. The fraction of sp³-hybridized carbons (Fsp3) is 0.571. The third-order valence-corrected chi connectivity index (χ3v) is 3.98.